The van der Waals surface area contributed by atoms with Crippen molar-refractivity contribution < 1.29 is 14.3 Å². The molecule has 1 N–H and O–H groups in total. The minimum Gasteiger partial charge on any atom is -0.360 e. The molecule has 162 valence electrons. The van der Waals surface area contributed by atoms with Gasteiger partial charge in [-0.3, -0.25) is 14.7 Å². The molecule has 5 rings (SSSR count). The monoisotopic (exact) mass is 420 g/mol. The molecule has 2 saturated heterocycles. The summed E-state index contributed by atoms with van der Waals surface area (Å²) in [6, 6.07) is 8.13. The van der Waals surface area contributed by atoms with Crippen LogP contribution in [0.4, 0.5) is 5.69 Å². The highest BCUT2D eigenvalue weighted by molar-refractivity contribution is 6.03. The molecule has 0 aliphatic carbocycles. The van der Waals surface area contributed by atoms with Gasteiger partial charge in [0.05, 0.1) is 30.7 Å². The average molecular weight is 421 g/mol. The van der Waals surface area contributed by atoms with E-state index >= 15 is 0 Å². The maximum Gasteiger partial charge on any atom is 0.234 e. The van der Waals surface area contributed by atoms with Crippen molar-refractivity contribution in [3.05, 3.63) is 59.9 Å². The second kappa shape index (κ2) is 7.34. The van der Waals surface area contributed by atoms with E-state index in [1.807, 2.05) is 30.5 Å². The number of aromatic amines is 1. The van der Waals surface area contributed by atoms with Crippen molar-refractivity contribution >= 4 is 17.5 Å². The molecular weight excluding hydrogens is 392 g/mol. The Balaban J connectivity index is 1.35. The molecule has 1 aromatic heterocycles. The van der Waals surface area contributed by atoms with Gasteiger partial charge in [0, 0.05) is 25.5 Å². The third kappa shape index (κ3) is 3.19. The molecule has 2 amide bonds. The molecule has 7 nitrogen and oxygen atoms in total. The first-order valence-corrected chi connectivity index (χ1v) is 10.9. The molecule has 3 aliphatic rings. The molecule has 4 heterocycles. The third-order valence-corrected chi connectivity index (χ3v) is 6.92. The molecule has 4 atom stereocenters. The molecule has 1 spiro atoms. The Morgan fingerprint density at radius 3 is 2.81 bits per heavy atom. The van der Waals surface area contributed by atoms with Crippen LogP contribution in [0.5, 0.6) is 0 Å². The van der Waals surface area contributed by atoms with E-state index in [0.29, 0.717) is 25.4 Å². The summed E-state index contributed by atoms with van der Waals surface area (Å²) in [6.07, 6.45) is 7.94. The van der Waals surface area contributed by atoms with Crippen molar-refractivity contribution in [3.63, 3.8) is 0 Å². The summed E-state index contributed by atoms with van der Waals surface area (Å²) >= 11 is 0. The first-order valence-electron chi connectivity index (χ1n) is 10.9. The minimum atomic E-state index is -0.704. The lowest BCUT2D eigenvalue weighted by Gasteiger charge is -2.27. The lowest BCUT2D eigenvalue weighted by Crippen LogP contribution is -2.45. The number of hydrogen-bond acceptors (Lipinski definition) is 4. The smallest absolute Gasteiger partial charge is 0.234 e. The topological polar surface area (TPSA) is 78.5 Å². The van der Waals surface area contributed by atoms with Gasteiger partial charge >= 0.3 is 0 Å². The van der Waals surface area contributed by atoms with Gasteiger partial charge < -0.3 is 14.5 Å². The van der Waals surface area contributed by atoms with Gasteiger partial charge in [-0.25, -0.2) is 0 Å². The molecule has 1 aromatic carbocycles. The van der Waals surface area contributed by atoms with Gasteiger partial charge in [-0.2, -0.15) is 5.10 Å². The van der Waals surface area contributed by atoms with Gasteiger partial charge in [-0.15, -0.1) is 0 Å². The van der Waals surface area contributed by atoms with Crippen molar-refractivity contribution in [1.29, 1.82) is 0 Å². The number of hydrogen-bond donors (Lipinski definition) is 1. The number of nitrogens with one attached hydrogen (secondary N) is 1. The van der Waals surface area contributed by atoms with Crippen LogP contribution in [-0.4, -0.2) is 58.8 Å². The molecule has 3 aliphatic heterocycles. The van der Waals surface area contributed by atoms with E-state index in [-0.39, 0.29) is 17.9 Å². The number of benzene rings is 1. The van der Waals surface area contributed by atoms with Crippen LogP contribution < -0.4 is 4.90 Å². The molecular formula is C24H28N4O3. The number of nitrogens with zero attached hydrogens (tertiary/aromatic N) is 3. The third-order valence-electron chi connectivity index (χ3n) is 6.92. The molecule has 0 saturated carbocycles. The highest BCUT2D eigenvalue weighted by Crippen LogP contribution is 2.53. The van der Waals surface area contributed by atoms with E-state index in [9.17, 15) is 9.59 Å². The van der Waals surface area contributed by atoms with Gasteiger partial charge in [0.15, 0.2) is 0 Å². The van der Waals surface area contributed by atoms with E-state index in [1.54, 1.807) is 23.0 Å². The van der Waals surface area contributed by atoms with Gasteiger partial charge in [-0.05, 0) is 35.6 Å². The van der Waals surface area contributed by atoms with Gasteiger partial charge in [0.1, 0.15) is 5.60 Å². The molecule has 2 aromatic rings. The first kappa shape index (κ1) is 20.0. The number of carbonyl (C=O) groups is 2. The Morgan fingerprint density at radius 1 is 1.35 bits per heavy atom. The fourth-order valence-corrected chi connectivity index (χ4v) is 5.11. The van der Waals surface area contributed by atoms with Crippen LogP contribution in [0.2, 0.25) is 0 Å². The van der Waals surface area contributed by atoms with Gasteiger partial charge in [0.25, 0.3) is 0 Å². The maximum atomic E-state index is 13.5. The van der Waals surface area contributed by atoms with Crippen LogP contribution in [0.3, 0.4) is 0 Å². The summed E-state index contributed by atoms with van der Waals surface area (Å²) in [7, 11) is 1.80. The molecule has 2 fully saturated rings. The van der Waals surface area contributed by atoms with Gasteiger partial charge in [-0.1, -0.05) is 38.1 Å². The number of aromatic nitrogens is 2. The van der Waals surface area contributed by atoms with E-state index in [1.165, 1.54) is 5.56 Å². The van der Waals surface area contributed by atoms with E-state index in [4.69, 9.17) is 4.74 Å². The van der Waals surface area contributed by atoms with Gasteiger partial charge in [0.2, 0.25) is 11.8 Å². The molecule has 0 radical (unpaired) electrons. The Morgan fingerprint density at radius 2 is 2.13 bits per heavy atom. The fraction of sp³-hybridized carbons (Fsp3) is 0.458. The summed E-state index contributed by atoms with van der Waals surface area (Å²) in [5.74, 6) is -0.577. The van der Waals surface area contributed by atoms with Crippen LogP contribution in [-0.2, 0) is 20.7 Å². The fourth-order valence-electron chi connectivity index (χ4n) is 5.11. The number of rotatable bonds is 6. The number of ether oxygens (including phenoxy) is 1. The average Bonchev–Trinajstić information content (AvgIpc) is 3.54. The van der Waals surface area contributed by atoms with Crippen LogP contribution in [0.15, 0.2) is 48.8 Å². The van der Waals surface area contributed by atoms with Crippen molar-refractivity contribution in [2.24, 2.45) is 11.8 Å². The molecule has 31 heavy (non-hydrogen) atoms. The zero-order chi connectivity index (χ0) is 21.8. The molecule has 2 bridgehead atoms. The maximum absolute atomic E-state index is 13.5. The van der Waals surface area contributed by atoms with E-state index in [2.05, 4.69) is 36.2 Å². The highest BCUT2D eigenvalue weighted by atomic mass is 16.5. The summed E-state index contributed by atoms with van der Waals surface area (Å²) in [5, 5.41) is 6.74. The summed E-state index contributed by atoms with van der Waals surface area (Å²) in [6.45, 7) is 5.32. The number of H-pyrrole nitrogens is 1. The highest BCUT2D eigenvalue weighted by Gasteiger charge is 2.67. The standard InChI is InChI=1S/C24H28N4O3/c1-15(2)17-4-6-18(7-5-17)28-14-24-10-8-19(31-24)20(21(24)23(28)30)22(29)27(3)11-9-16-12-25-26-13-16/h4-8,10,12-13,15,19-21H,9,11,14H2,1-3H3,(H,25,26)/t19-,20-,21+,24-/m0/s1. The Hall–Kier alpha value is -2.93. The quantitative estimate of drug-likeness (QED) is 0.729. The zero-order valence-electron chi connectivity index (χ0n) is 18.1. The normalized spacial score (nSPS) is 28.6. The Kier molecular flexibility index (Phi) is 4.73. The van der Waals surface area contributed by atoms with Crippen molar-refractivity contribution in [2.45, 2.75) is 37.9 Å². The van der Waals surface area contributed by atoms with E-state index in [0.717, 1.165) is 11.3 Å². The number of anilines is 1. The number of carbonyl (C=O) groups excluding carboxylic acids is 2. The summed E-state index contributed by atoms with van der Waals surface area (Å²) < 4.78 is 6.27. The minimum absolute atomic E-state index is 0.0225. The zero-order valence-corrected chi connectivity index (χ0v) is 18.1. The Labute approximate surface area is 182 Å². The molecule has 7 heteroatoms. The number of fused-ring (bicyclic) bond motifs is 1. The number of amides is 2. The van der Waals surface area contributed by atoms with Crippen LogP contribution >= 0.6 is 0 Å². The Bertz CT molecular complexity index is 1010. The van der Waals surface area contributed by atoms with E-state index < -0.39 is 17.4 Å². The number of likely N-dealkylation sites (N-methyl/N-ethyl adjacent to an activating group) is 1. The predicted octanol–water partition coefficient (Wildman–Crippen LogP) is 2.52. The second-order valence-corrected chi connectivity index (χ2v) is 9.19. The summed E-state index contributed by atoms with van der Waals surface area (Å²) in [5.41, 5.74) is 2.44. The van der Waals surface area contributed by atoms with Crippen LogP contribution in [0.1, 0.15) is 30.9 Å². The lowest BCUT2D eigenvalue weighted by molar-refractivity contribution is -0.139. The summed E-state index contributed by atoms with van der Waals surface area (Å²) in [4.78, 5) is 30.4. The first-order chi connectivity index (χ1) is 14.9. The van der Waals surface area contributed by atoms with Crippen molar-refractivity contribution in [2.75, 3.05) is 25.0 Å². The van der Waals surface area contributed by atoms with Crippen LogP contribution in [0.25, 0.3) is 0 Å². The largest absolute Gasteiger partial charge is 0.360 e. The lowest BCUT2D eigenvalue weighted by atomic mass is 9.76. The second-order valence-electron chi connectivity index (χ2n) is 9.19. The molecule has 0 unspecified atom stereocenters. The van der Waals surface area contributed by atoms with Crippen LogP contribution in [0, 0.1) is 11.8 Å². The van der Waals surface area contributed by atoms with Crippen molar-refractivity contribution in [1.82, 2.24) is 15.1 Å². The SMILES string of the molecule is CC(C)c1ccc(N2C[C@]34C=C[C@H](O3)[C@H](C(=O)N(C)CCc3cn[nH]c3)[C@@H]4C2=O)cc1. The van der Waals surface area contributed by atoms with Crippen molar-refractivity contribution in [3.8, 4) is 0 Å². The predicted molar refractivity (Wildman–Crippen MR) is 117 cm³/mol.